The standard InChI is InChI=1S/C15H21N5O3/c1-4-15(5-2)10(8-11(15)23-3)17-12-6-7-13-16-9-14(20(21)22)19(13)18-12/h6-7,9-11H,4-5,8H2,1-3H3,(H,17,18). The molecule has 1 saturated carbocycles. The van der Waals surface area contributed by atoms with Gasteiger partial charge in [-0.3, -0.25) is 0 Å². The predicted octanol–water partition coefficient (Wildman–Crippen LogP) is 2.64. The van der Waals surface area contributed by atoms with E-state index in [1.54, 1.807) is 13.2 Å². The Kier molecular flexibility index (Phi) is 3.93. The zero-order valence-corrected chi connectivity index (χ0v) is 13.5. The molecule has 0 bridgehead atoms. The van der Waals surface area contributed by atoms with Crippen molar-refractivity contribution in [3.63, 3.8) is 0 Å². The highest BCUT2D eigenvalue weighted by atomic mass is 16.6. The zero-order chi connectivity index (χ0) is 16.6. The normalized spacial score (nSPS) is 22.7. The first-order valence-electron chi connectivity index (χ1n) is 7.84. The van der Waals surface area contributed by atoms with Crippen LogP contribution in [0.25, 0.3) is 5.65 Å². The molecule has 1 aliphatic rings. The van der Waals surface area contributed by atoms with Crippen LogP contribution in [0, 0.1) is 15.5 Å². The summed E-state index contributed by atoms with van der Waals surface area (Å²) in [7, 11) is 1.75. The van der Waals surface area contributed by atoms with Crippen LogP contribution >= 0.6 is 0 Å². The lowest BCUT2D eigenvalue weighted by molar-refractivity contribution is -0.391. The van der Waals surface area contributed by atoms with Crippen LogP contribution in [0.2, 0.25) is 0 Å². The molecule has 0 radical (unpaired) electrons. The van der Waals surface area contributed by atoms with E-state index in [2.05, 4.69) is 29.2 Å². The van der Waals surface area contributed by atoms with E-state index in [4.69, 9.17) is 4.74 Å². The molecule has 0 spiro atoms. The van der Waals surface area contributed by atoms with Crippen LogP contribution in [0.3, 0.4) is 0 Å². The topological polar surface area (TPSA) is 94.6 Å². The van der Waals surface area contributed by atoms with Gasteiger partial charge in [0.1, 0.15) is 6.20 Å². The second-order valence-corrected chi connectivity index (χ2v) is 5.96. The van der Waals surface area contributed by atoms with Gasteiger partial charge in [-0.15, -0.1) is 0 Å². The van der Waals surface area contributed by atoms with Crippen molar-refractivity contribution in [2.75, 3.05) is 12.4 Å². The largest absolute Gasteiger partial charge is 0.381 e. The Bertz CT molecular complexity index is 725. The third kappa shape index (κ3) is 2.33. The Hall–Kier alpha value is -2.22. The molecule has 1 aliphatic carbocycles. The predicted molar refractivity (Wildman–Crippen MR) is 85.5 cm³/mol. The maximum atomic E-state index is 11.0. The molecule has 2 aromatic heterocycles. The maximum absolute atomic E-state index is 11.0. The number of imidazole rings is 1. The van der Waals surface area contributed by atoms with Crippen molar-refractivity contribution >= 4 is 17.3 Å². The molecule has 0 saturated heterocycles. The first-order chi connectivity index (χ1) is 11.1. The van der Waals surface area contributed by atoms with Crippen LogP contribution in [-0.4, -0.2) is 38.8 Å². The molecule has 0 aromatic carbocycles. The van der Waals surface area contributed by atoms with Gasteiger partial charge in [-0.25, -0.2) is 4.98 Å². The second kappa shape index (κ2) is 5.77. The first kappa shape index (κ1) is 15.7. The molecule has 1 fully saturated rings. The van der Waals surface area contributed by atoms with E-state index < -0.39 is 4.92 Å². The third-order valence-corrected chi connectivity index (χ3v) is 5.24. The molecule has 23 heavy (non-hydrogen) atoms. The molecule has 1 N–H and O–H groups in total. The van der Waals surface area contributed by atoms with Gasteiger partial charge in [0, 0.05) is 24.6 Å². The molecule has 8 nitrogen and oxygen atoms in total. The van der Waals surface area contributed by atoms with Crippen molar-refractivity contribution in [1.29, 1.82) is 0 Å². The maximum Gasteiger partial charge on any atom is 0.368 e. The lowest BCUT2D eigenvalue weighted by Gasteiger charge is -2.55. The summed E-state index contributed by atoms with van der Waals surface area (Å²) in [6.45, 7) is 4.33. The summed E-state index contributed by atoms with van der Waals surface area (Å²) in [5, 5.41) is 18.8. The summed E-state index contributed by atoms with van der Waals surface area (Å²) in [5.74, 6) is 0.480. The van der Waals surface area contributed by atoms with E-state index in [0.29, 0.717) is 11.5 Å². The first-order valence-corrected chi connectivity index (χ1v) is 7.84. The summed E-state index contributed by atoms with van der Waals surface area (Å²) < 4.78 is 6.85. The lowest BCUT2D eigenvalue weighted by atomic mass is 9.58. The molecule has 124 valence electrons. The van der Waals surface area contributed by atoms with Gasteiger partial charge >= 0.3 is 5.82 Å². The Morgan fingerprint density at radius 2 is 2.22 bits per heavy atom. The number of anilines is 1. The quantitative estimate of drug-likeness (QED) is 0.649. The number of methoxy groups -OCH3 is 1. The number of nitrogens with zero attached hydrogens (tertiary/aromatic N) is 4. The molecule has 0 aliphatic heterocycles. The number of fused-ring (bicyclic) bond motifs is 1. The molecular weight excluding hydrogens is 298 g/mol. The second-order valence-electron chi connectivity index (χ2n) is 5.96. The minimum absolute atomic E-state index is 0.0757. The van der Waals surface area contributed by atoms with Crippen LogP contribution in [0.4, 0.5) is 11.6 Å². The van der Waals surface area contributed by atoms with Crippen LogP contribution in [0.5, 0.6) is 0 Å². The van der Waals surface area contributed by atoms with Gasteiger partial charge < -0.3 is 20.2 Å². The average Bonchev–Trinajstić information content (AvgIpc) is 2.95. The van der Waals surface area contributed by atoms with Crippen molar-refractivity contribution in [2.24, 2.45) is 5.41 Å². The smallest absolute Gasteiger partial charge is 0.368 e. The van der Waals surface area contributed by atoms with Gasteiger partial charge in [0.25, 0.3) is 0 Å². The summed E-state index contributed by atoms with van der Waals surface area (Å²) >= 11 is 0. The molecule has 2 unspecified atom stereocenters. The van der Waals surface area contributed by atoms with E-state index in [-0.39, 0.29) is 23.4 Å². The number of aromatic nitrogens is 3. The summed E-state index contributed by atoms with van der Waals surface area (Å²) in [4.78, 5) is 14.5. The fourth-order valence-electron chi connectivity index (χ4n) is 3.72. The Labute approximate surface area is 134 Å². The van der Waals surface area contributed by atoms with E-state index in [1.165, 1.54) is 10.7 Å². The summed E-state index contributed by atoms with van der Waals surface area (Å²) in [6.07, 6.45) is 4.38. The monoisotopic (exact) mass is 319 g/mol. The van der Waals surface area contributed by atoms with E-state index in [9.17, 15) is 10.1 Å². The van der Waals surface area contributed by atoms with Crippen molar-refractivity contribution < 1.29 is 9.66 Å². The van der Waals surface area contributed by atoms with Gasteiger partial charge in [-0.1, -0.05) is 23.5 Å². The number of nitro groups is 1. The molecular formula is C15H21N5O3. The molecule has 3 rings (SSSR count). The molecule has 8 heteroatoms. The SMILES string of the molecule is CCC1(CC)C(Nc2ccc3ncc([N+](=O)[O-])n3n2)CC1OC. The molecule has 2 atom stereocenters. The third-order valence-electron chi connectivity index (χ3n) is 5.24. The van der Waals surface area contributed by atoms with Gasteiger partial charge in [-0.2, -0.15) is 0 Å². The Balaban J connectivity index is 1.87. The number of hydrogen-bond donors (Lipinski definition) is 1. The Morgan fingerprint density at radius 3 is 2.83 bits per heavy atom. The van der Waals surface area contributed by atoms with E-state index >= 15 is 0 Å². The summed E-state index contributed by atoms with van der Waals surface area (Å²) in [6, 6.07) is 3.78. The minimum atomic E-state index is -0.483. The van der Waals surface area contributed by atoms with E-state index in [0.717, 1.165) is 19.3 Å². The van der Waals surface area contributed by atoms with Crippen LogP contribution < -0.4 is 5.32 Å². The molecule has 2 aromatic rings. The highest BCUT2D eigenvalue weighted by Crippen LogP contribution is 2.49. The van der Waals surface area contributed by atoms with E-state index in [1.807, 2.05) is 6.07 Å². The van der Waals surface area contributed by atoms with Crippen molar-refractivity contribution in [3.05, 3.63) is 28.4 Å². The minimum Gasteiger partial charge on any atom is -0.381 e. The number of ether oxygens (including phenoxy) is 1. The number of nitrogens with one attached hydrogen (secondary N) is 1. The highest BCUT2D eigenvalue weighted by molar-refractivity contribution is 5.49. The fraction of sp³-hybridized carbons (Fsp3) is 0.600. The van der Waals surface area contributed by atoms with Crippen LogP contribution in [-0.2, 0) is 4.74 Å². The van der Waals surface area contributed by atoms with Crippen LogP contribution in [0.1, 0.15) is 33.1 Å². The fourth-order valence-corrected chi connectivity index (χ4v) is 3.72. The average molecular weight is 319 g/mol. The van der Waals surface area contributed by atoms with Gasteiger partial charge in [0.15, 0.2) is 5.82 Å². The zero-order valence-electron chi connectivity index (χ0n) is 13.5. The highest BCUT2D eigenvalue weighted by Gasteiger charge is 2.53. The van der Waals surface area contributed by atoms with Gasteiger partial charge in [0.05, 0.1) is 6.10 Å². The van der Waals surface area contributed by atoms with Gasteiger partial charge in [-0.05, 0) is 30.3 Å². The Morgan fingerprint density at radius 1 is 1.48 bits per heavy atom. The van der Waals surface area contributed by atoms with Crippen molar-refractivity contribution in [3.8, 4) is 0 Å². The van der Waals surface area contributed by atoms with Crippen LogP contribution in [0.15, 0.2) is 18.3 Å². The van der Waals surface area contributed by atoms with Crippen molar-refractivity contribution in [1.82, 2.24) is 14.6 Å². The summed E-state index contributed by atoms with van der Waals surface area (Å²) in [5.41, 5.74) is 0.537. The molecule has 2 heterocycles. The lowest BCUT2D eigenvalue weighted by Crippen LogP contribution is -2.60. The number of hydrogen-bond acceptors (Lipinski definition) is 6. The number of rotatable bonds is 6. The van der Waals surface area contributed by atoms with Gasteiger partial charge in [0.2, 0.25) is 5.65 Å². The van der Waals surface area contributed by atoms with Crippen molar-refractivity contribution in [2.45, 2.75) is 45.3 Å². The molecule has 0 amide bonds.